The lowest BCUT2D eigenvalue weighted by Crippen LogP contribution is -2.01. The Kier molecular flexibility index (Phi) is 5.48. The molecule has 0 bridgehead atoms. The van der Waals surface area contributed by atoms with E-state index in [4.69, 9.17) is 0 Å². The van der Waals surface area contributed by atoms with E-state index in [-0.39, 0.29) is 5.12 Å². The van der Waals surface area contributed by atoms with Crippen LogP contribution in [0.3, 0.4) is 0 Å². The second kappa shape index (κ2) is 6.67. The van der Waals surface area contributed by atoms with Gasteiger partial charge < -0.3 is 0 Å². The van der Waals surface area contributed by atoms with Gasteiger partial charge in [-0.15, -0.1) is 0 Å². The van der Waals surface area contributed by atoms with E-state index >= 15 is 0 Å². The Labute approximate surface area is 96.3 Å². The molecule has 0 radical (unpaired) electrons. The maximum Gasteiger partial charge on any atom is 0.193 e. The molecule has 1 aromatic rings. The predicted molar refractivity (Wildman–Crippen MR) is 67.3 cm³/mol. The van der Waals surface area contributed by atoms with Crippen molar-refractivity contribution in [3.05, 3.63) is 35.4 Å². The zero-order valence-electron chi connectivity index (χ0n) is 9.45. The SMILES string of the molecule is CCCSC(=O)Cc1ccccc1CC. The predicted octanol–water partition coefficient (Wildman–Crippen LogP) is 3.46. The van der Waals surface area contributed by atoms with Gasteiger partial charge in [-0.3, -0.25) is 4.79 Å². The minimum atomic E-state index is 0.290. The van der Waals surface area contributed by atoms with E-state index in [9.17, 15) is 4.79 Å². The molecule has 0 spiro atoms. The van der Waals surface area contributed by atoms with Crippen LogP contribution in [0.1, 0.15) is 31.4 Å². The Hall–Kier alpha value is -0.760. The van der Waals surface area contributed by atoms with E-state index in [2.05, 4.69) is 26.0 Å². The van der Waals surface area contributed by atoms with Gasteiger partial charge in [0.15, 0.2) is 5.12 Å². The van der Waals surface area contributed by atoms with Crippen LogP contribution in [0.2, 0.25) is 0 Å². The molecule has 0 N–H and O–H groups in total. The number of carbonyl (C=O) groups excluding carboxylic acids is 1. The molecule has 1 nitrogen and oxygen atoms in total. The lowest BCUT2D eigenvalue weighted by atomic mass is 10.0. The molecule has 82 valence electrons. The first-order chi connectivity index (χ1) is 7.27. The number of rotatable bonds is 5. The van der Waals surface area contributed by atoms with Crippen LogP contribution in [0.15, 0.2) is 24.3 Å². The first-order valence-electron chi connectivity index (χ1n) is 5.50. The molecule has 0 heterocycles. The van der Waals surface area contributed by atoms with Crippen LogP contribution in [-0.4, -0.2) is 10.9 Å². The molecule has 1 rings (SSSR count). The van der Waals surface area contributed by atoms with Crippen molar-refractivity contribution in [1.29, 1.82) is 0 Å². The van der Waals surface area contributed by atoms with E-state index in [0.717, 1.165) is 18.6 Å². The minimum Gasteiger partial charge on any atom is -0.287 e. The second-order valence-corrected chi connectivity index (χ2v) is 4.67. The van der Waals surface area contributed by atoms with Crippen LogP contribution >= 0.6 is 11.8 Å². The Morgan fingerprint density at radius 2 is 1.87 bits per heavy atom. The average Bonchev–Trinajstić information content (AvgIpc) is 2.27. The second-order valence-electron chi connectivity index (χ2n) is 3.52. The average molecular weight is 222 g/mol. The lowest BCUT2D eigenvalue weighted by molar-refractivity contribution is -0.110. The van der Waals surface area contributed by atoms with Gasteiger partial charge in [-0.05, 0) is 24.0 Å². The Bertz CT molecular complexity index is 320. The van der Waals surface area contributed by atoms with Crippen molar-refractivity contribution in [2.45, 2.75) is 33.1 Å². The molecule has 15 heavy (non-hydrogen) atoms. The lowest BCUT2D eigenvalue weighted by Gasteiger charge is -2.06. The molecule has 0 aliphatic carbocycles. The minimum absolute atomic E-state index is 0.290. The Balaban J connectivity index is 2.59. The number of benzene rings is 1. The quantitative estimate of drug-likeness (QED) is 0.759. The zero-order valence-corrected chi connectivity index (χ0v) is 10.3. The maximum absolute atomic E-state index is 11.6. The van der Waals surface area contributed by atoms with E-state index in [1.807, 2.05) is 12.1 Å². The van der Waals surface area contributed by atoms with Crippen LogP contribution in [0.5, 0.6) is 0 Å². The van der Waals surface area contributed by atoms with Gasteiger partial charge >= 0.3 is 0 Å². The Morgan fingerprint density at radius 3 is 2.47 bits per heavy atom. The normalized spacial score (nSPS) is 10.3. The van der Waals surface area contributed by atoms with Crippen molar-refractivity contribution in [2.75, 3.05) is 5.75 Å². The molecule has 0 aliphatic rings. The number of aryl methyl sites for hydroxylation is 1. The van der Waals surface area contributed by atoms with Gasteiger partial charge in [-0.25, -0.2) is 0 Å². The summed E-state index contributed by atoms with van der Waals surface area (Å²) < 4.78 is 0. The molecule has 0 saturated carbocycles. The molecule has 0 fully saturated rings. The highest BCUT2D eigenvalue weighted by atomic mass is 32.2. The van der Waals surface area contributed by atoms with E-state index < -0.39 is 0 Å². The van der Waals surface area contributed by atoms with Gasteiger partial charge in [0.25, 0.3) is 0 Å². The van der Waals surface area contributed by atoms with Crippen molar-refractivity contribution in [3.63, 3.8) is 0 Å². The number of carbonyl (C=O) groups is 1. The third kappa shape index (κ3) is 4.08. The molecule has 0 saturated heterocycles. The highest BCUT2D eigenvalue weighted by Gasteiger charge is 2.06. The summed E-state index contributed by atoms with van der Waals surface area (Å²) in [7, 11) is 0. The standard InChI is InChI=1S/C13H18OS/c1-3-9-15-13(14)10-12-8-6-5-7-11(12)4-2/h5-8H,3-4,9-10H2,1-2H3. The number of hydrogen-bond acceptors (Lipinski definition) is 2. The van der Waals surface area contributed by atoms with Crippen LogP contribution in [-0.2, 0) is 17.6 Å². The fraction of sp³-hybridized carbons (Fsp3) is 0.462. The topological polar surface area (TPSA) is 17.1 Å². The van der Waals surface area contributed by atoms with Gasteiger partial charge in [0.05, 0.1) is 0 Å². The molecular formula is C13H18OS. The van der Waals surface area contributed by atoms with Crippen LogP contribution in [0.4, 0.5) is 0 Å². The van der Waals surface area contributed by atoms with Crippen molar-refractivity contribution >= 4 is 16.9 Å². The third-order valence-electron chi connectivity index (χ3n) is 2.30. The summed E-state index contributed by atoms with van der Waals surface area (Å²) in [5, 5.41) is 0.290. The van der Waals surface area contributed by atoms with Gasteiger partial charge in [0.1, 0.15) is 0 Å². The smallest absolute Gasteiger partial charge is 0.193 e. The van der Waals surface area contributed by atoms with Gasteiger partial charge in [0.2, 0.25) is 0 Å². The molecule has 0 aliphatic heterocycles. The molecular weight excluding hydrogens is 204 g/mol. The van der Waals surface area contributed by atoms with Crippen molar-refractivity contribution in [3.8, 4) is 0 Å². The third-order valence-corrected chi connectivity index (χ3v) is 3.38. The van der Waals surface area contributed by atoms with Crippen molar-refractivity contribution < 1.29 is 4.79 Å². The summed E-state index contributed by atoms with van der Waals surface area (Å²) in [6.45, 7) is 4.22. The van der Waals surface area contributed by atoms with Crippen LogP contribution in [0.25, 0.3) is 0 Å². The summed E-state index contributed by atoms with van der Waals surface area (Å²) in [5.41, 5.74) is 2.48. The highest BCUT2D eigenvalue weighted by molar-refractivity contribution is 8.13. The monoisotopic (exact) mass is 222 g/mol. The first-order valence-corrected chi connectivity index (χ1v) is 6.48. The van der Waals surface area contributed by atoms with Gasteiger partial charge in [0, 0.05) is 12.2 Å². The summed E-state index contributed by atoms with van der Waals surface area (Å²) >= 11 is 1.45. The van der Waals surface area contributed by atoms with Gasteiger partial charge in [-0.2, -0.15) is 0 Å². The Morgan fingerprint density at radius 1 is 1.20 bits per heavy atom. The molecule has 0 unspecified atom stereocenters. The fourth-order valence-corrected chi connectivity index (χ4v) is 2.19. The van der Waals surface area contributed by atoms with Crippen molar-refractivity contribution in [2.24, 2.45) is 0 Å². The highest BCUT2D eigenvalue weighted by Crippen LogP contribution is 2.14. The van der Waals surface area contributed by atoms with Crippen molar-refractivity contribution in [1.82, 2.24) is 0 Å². The molecule has 2 heteroatoms. The largest absolute Gasteiger partial charge is 0.287 e. The molecule has 0 atom stereocenters. The maximum atomic E-state index is 11.6. The van der Waals surface area contributed by atoms with Crippen LogP contribution in [0, 0.1) is 0 Å². The van der Waals surface area contributed by atoms with Crippen LogP contribution < -0.4 is 0 Å². The summed E-state index contributed by atoms with van der Waals surface area (Å²) in [6.07, 6.45) is 2.64. The molecule has 0 aromatic heterocycles. The molecule has 0 amide bonds. The van der Waals surface area contributed by atoms with E-state index in [1.54, 1.807) is 0 Å². The number of thioether (sulfide) groups is 1. The number of hydrogen-bond donors (Lipinski definition) is 0. The van der Waals surface area contributed by atoms with Gasteiger partial charge in [-0.1, -0.05) is 49.9 Å². The summed E-state index contributed by atoms with van der Waals surface area (Å²) in [5.74, 6) is 0.938. The molecule has 1 aromatic carbocycles. The first kappa shape index (κ1) is 12.3. The van der Waals surface area contributed by atoms with E-state index in [1.165, 1.54) is 22.9 Å². The summed E-state index contributed by atoms with van der Waals surface area (Å²) in [6, 6.07) is 8.20. The summed E-state index contributed by atoms with van der Waals surface area (Å²) in [4.78, 5) is 11.6. The fourth-order valence-electron chi connectivity index (χ4n) is 1.50. The van der Waals surface area contributed by atoms with E-state index in [0.29, 0.717) is 6.42 Å². The zero-order chi connectivity index (χ0) is 11.1.